The molecule has 0 aliphatic rings. The number of rotatable bonds is 6. The van der Waals surface area contributed by atoms with Gasteiger partial charge >= 0.3 is 18.0 Å². The van der Waals surface area contributed by atoms with E-state index >= 15 is 0 Å². The third-order valence-corrected chi connectivity index (χ3v) is 2.96. The standard InChI is InChI=1S/C10H13NO2.C4H9N3O3/c1-7(9(11)10(12)13)8-5-3-2-4-6-8;5-2(3(8)9)1-7-4(6)10/h2-7,9H,11H2,1H3,(H,12,13);2H,1,5H2,(H,8,9)(H3,6,7,10)/t;2-/m.0/s1. The molecule has 2 amide bonds. The van der Waals surface area contributed by atoms with E-state index in [1.54, 1.807) is 0 Å². The molecule has 1 aromatic carbocycles. The maximum Gasteiger partial charge on any atom is 0.322 e. The molecule has 9 heteroatoms. The van der Waals surface area contributed by atoms with Crippen molar-refractivity contribution >= 4 is 18.0 Å². The van der Waals surface area contributed by atoms with E-state index in [9.17, 15) is 14.4 Å². The van der Waals surface area contributed by atoms with Gasteiger partial charge < -0.3 is 32.7 Å². The van der Waals surface area contributed by atoms with Gasteiger partial charge in [0, 0.05) is 12.5 Å². The minimum atomic E-state index is -1.17. The van der Waals surface area contributed by atoms with Crippen molar-refractivity contribution in [1.29, 1.82) is 0 Å². The number of benzene rings is 1. The van der Waals surface area contributed by atoms with E-state index in [0.29, 0.717) is 0 Å². The Morgan fingerprint density at radius 3 is 2.00 bits per heavy atom. The second kappa shape index (κ2) is 10.1. The molecule has 0 aliphatic heterocycles. The van der Waals surface area contributed by atoms with Crippen LogP contribution in [-0.4, -0.2) is 46.8 Å². The number of carbonyl (C=O) groups is 3. The number of hydrogen-bond acceptors (Lipinski definition) is 5. The highest BCUT2D eigenvalue weighted by Crippen LogP contribution is 2.17. The fourth-order valence-corrected chi connectivity index (χ4v) is 1.48. The molecule has 0 fully saturated rings. The summed E-state index contributed by atoms with van der Waals surface area (Å²) in [5.74, 6) is -2.29. The van der Waals surface area contributed by atoms with Crippen LogP contribution in [0, 0.1) is 0 Å². The lowest BCUT2D eigenvalue weighted by Gasteiger charge is -2.15. The van der Waals surface area contributed by atoms with E-state index in [2.05, 4.69) is 11.1 Å². The summed E-state index contributed by atoms with van der Waals surface area (Å²) in [4.78, 5) is 30.6. The fourth-order valence-electron chi connectivity index (χ4n) is 1.48. The lowest BCUT2D eigenvalue weighted by molar-refractivity contribution is -0.139. The fraction of sp³-hybridized carbons (Fsp3) is 0.357. The van der Waals surface area contributed by atoms with Gasteiger partial charge in [-0.1, -0.05) is 37.3 Å². The lowest BCUT2D eigenvalue weighted by Crippen LogP contribution is -2.44. The number of nitrogens with one attached hydrogen (secondary N) is 1. The number of hydrogen-bond donors (Lipinski definition) is 6. The molecule has 0 aliphatic carbocycles. The first-order valence-corrected chi connectivity index (χ1v) is 6.71. The maximum absolute atomic E-state index is 10.6. The summed E-state index contributed by atoms with van der Waals surface area (Å²) < 4.78 is 0. The Hall–Kier alpha value is -2.65. The summed E-state index contributed by atoms with van der Waals surface area (Å²) in [6.07, 6.45) is 0. The second-order valence-electron chi connectivity index (χ2n) is 4.75. The van der Waals surface area contributed by atoms with Gasteiger partial charge in [0.25, 0.3) is 0 Å². The molecule has 2 unspecified atom stereocenters. The molecule has 0 saturated carbocycles. The first-order chi connectivity index (χ1) is 10.7. The number of carbonyl (C=O) groups excluding carboxylic acids is 1. The van der Waals surface area contributed by atoms with Crippen LogP contribution in [0.5, 0.6) is 0 Å². The molecular weight excluding hydrogens is 304 g/mol. The van der Waals surface area contributed by atoms with Crippen LogP contribution in [0.2, 0.25) is 0 Å². The van der Waals surface area contributed by atoms with E-state index in [1.807, 2.05) is 37.3 Å². The average Bonchev–Trinajstić information content (AvgIpc) is 2.52. The molecule has 1 aromatic rings. The van der Waals surface area contributed by atoms with Crippen molar-refractivity contribution in [3.63, 3.8) is 0 Å². The van der Waals surface area contributed by atoms with Gasteiger partial charge in [-0.15, -0.1) is 0 Å². The predicted octanol–water partition coefficient (Wildman–Crippen LogP) is -0.731. The van der Waals surface area contributed by atoms with E-state index in [1.165, 1.54) is 0 Å². The zero-order valence-electron chi connectivity index (χ0n) is 12.7. The number of primary amides is 1. The topological polar surface area (TPSA) is 182 Å². The molecule has 9 N–H and O–H groups in total. The summed E-state index contributed by atoms with van der Waals surface area (Å²) in [7, 11) is 0. The van der Waals surface area contributed by atoms with Crippen LogP contribution in [-0.2, 0) is 9.59 Å². The van der Waals surface area contributed by atoms with E-state index in [-0.39, 0.29) is 12.5 Å². The molecule has 0 spiro atoms. The van der Waals surface area contributed by atoms with E-state index < -0.39 is 30.1 Å². The van der Waals surface area contributed by atoms with Gasteiger partial charge in [-0.2, -0.15) is 0 Å². The summed E-state index contributed by atoms with van der Waals surface area (Å²) in [6.45, 7) is 1.67. The zero-order chi connectivity index (χ0) is 18.0. The number of carboxylic acids is 2. The Bertz CT molecular complexity index is 523. The molecule has 1 rings (SSSR count). The highest BCUT2D eigenvalue weighted by Gasteiger charge is 2.20. The van der Waals surface area contributed by atoms with Crippen LogP contribution in [0.4, 0.5) is 4.79 Å². The Labute approximate surface area is 133 Å². The molecule has 0 saturated heterocycles. The van der Waals surface area contributed by atoms with Gasteiger partial charge in [0.15, 0.2) is 0 Å². The summed E-state index contributed by atoms with van der Waals surface area (Å²) >= 11 is 0. The van der Waals surface area contributed by atoms with Gasteiger partial charge in [0.2, 0.25) is 0 Å². The van der Waals surface area contributed by atoms with Crippen LogP contribution in [0.15, 0.2) is 30.3 Å². The van der Waals surface area contributed by atoms with Crippen LogP contribution in [0.25, 0.3) is 0 Å². The summed E-state index contributed by atoms with van der Waals surface area (Å²) in [5, 5.41) is 18.9. The highest BCUT2D eigenvalue weighted by molar-refractivity contribution is 5.76. The minimum Gasteiger partial charge on any atom is -0.480 e. The maximum atomic E-state index is 10.6. The molecule has 23 heavy (non-hydrogen) atoms. The van der Waals surface area contributed by atoms with E-state index in [4.69, 9.17) is 21.7 Å². The van der Waals surface area contributed by atoms with Crippen LogP contribution in [0.1, 0.15) is 18.4 Å². The quantitative estimate of drug-likeness (QED) is 0.398. The van der Waals surface area contributed by atoms with E-state index in [0.717, 1.165) is 5.56 Å². The molecule has 0 aromatic heterocycles. The molecule has 128 valence electrons. The van der Waals surface area contributed by atoms with Crippen molar-refractivity contribution in [2.24, 2.45) is 17.2 Å². The zero-order valence-corrected chi connectivity index (χ0v) is 12.7. The monoisotopic (exact) mass is 326 g/mol. The highest BCUT2D eigenvalue weighted by atomic mass is 16.4. The minimum absolute atomic E-state index is 0.148. The first-order valence-electron chi connectivity index (χ1n) is 6.71. The molecule has 3 atom stereocenters. The Balaban J connectivity index is 0.000000438. The van der Waals surface area contributed by atoms with Crippen molar-refractivity contribution in [1.82, 2.24) is 5.32 Å². The summed E-state index contributed by atoms with van der Waals surface area (Å²) in [5.41, 5.74) is 16.1. The molecule has 0 radical (unpaired) electrons. The second-order valence-corrected chi connectivity index (χ2v) is 4.75. The van der Waals surface area contributed by atoms with Crippen LogP contribution < -0.4 is 22.5 Å². The van der Waals surface area contributed by atoms with Crippen LogP contribution >= 0.6 is 0 Å². The van der Waals surface area contributed by atoms with Crippen LogP contribution in [0.3, 0.4) is 0 Å². The van der Waals surface area contributed by atoms with Gasteiger partial charge in [-0.25, -0.2) is 4.79 Å². The Morgan fingerprint density at radius 1 is 1.09 bits per heavy atom. The first kappa shape index (κ1) is 20.3. The molecule has 0 heterocycles. The van der Waals surface area contributed by atoms with Crippen molar-refractivity contribution < 1.29 is 24.6 Å². The summed E-state index contributed by atoms with van der Waals surface area (Å²) in [6, 6.07) is 6.70. The Morgan fingerprint density at radius 2 is 1.61 bits per heavy atom. The smallest absolute Gasteiger partial charge is 0.322 e. The van der Waals surface area contributed by atoms with Gasteiger partial charge in [-0.3, -0.25) is 9.59 Å². The largest absolute Gasteiger partial charge is 0.480 e. The SMILES string of the molecule is CC(c1ccccc1)C(N)C(=O)O.NC(=O)NC[C@H](N)C(=O)O. The van der Waals surface area contributed by atoms with Crippen molar-refractivity contribution in [3.05, 3.63) is 35.9 Å². The number of nitrogens with two attached hydrogens (primary N) is 3. The number of urea groups is 1. The van der Waals surface area contributed by atoms with Crippen molar-refractivity contribution in [2.75, 3.05) is 6.54 Å². The average molecular weight is 326 g/mol. The number of aliphatic carboxylic acids is 2. The predicted molar refractivity (Wildman–Crippen MR) is 83.7 cm³/mol. The Kier molecular flexibility index (Phi) is 8.97. The molecular formula is C14H22N4O5. The normalized spacial score (nSPS) is 13.7. The molecule has 0 bridgehead atoms. The number of carboxylic acid groups (broad SMARTS) is 2. The van der Waals surface area contributed by atoms with Gasteiger partial charge in [0.1, 0.15) is 12.1 Å². The third-order valence-electron chi connectivity index (χ3n) is 2.96. The van der Waals surface area contributed by atoms with Crippen molar-refractivity contribution in [2.45, 2.75) is 24.9 Å². The lowest BCUT2D eigenvalue weighted by atomic mass is 9.94. The van der Waals surface area contributed by atoms with Gasteiger partial charge in [-0.05, 0) is 5.56 Å². The van der Waals surface area contributed by atoms with Gasteiger partial charge in [0.05, 0.1) is 0 Å². The van der Waals surface area contributed by atoms with Crippen molar-refractivity contribution in [3.8, 4) is 0 Å². The molecule has 9 nitrogen and oxygen atoms in total. The third kappa shape index (κ3) is 8.39. The number of amides is 2.